The van der Waals surface area contributed by atoms with Gasteiger partial charge in [0, 0.05) is 49.6 Å². The number of benzene rings is 2. The van der Waals surface area contributed by atoms with Crippen LogP contribution < -0.4 is 43.8 Å². The molecule has 0 saturated carbocycles. The molecule has 2 saturated heterocycles. The second kappa shape index (κ2) is 27.9. The fraction of sp³-hybridized carbons (Fsp3) is 0.540. The number of H-pyrrole nitrogens is 1. The van der Waals surface area contributed by atoms with Gasteiger partial charge in [0.05, 0.1) is 12.6 Å². The predicted octanol–water partition coefficient (Wildman–Crippen LogP) is -0.678. The number of nitrogens with two attached hydrogens (primary N) is 3. The highest BCUT2D eigenvalue weighted by Crippen LogP contribution is 2.24. The third-order valence-corrected chi connectivity index (χ3v) is 14.2. The number of likely N-dealkylation sites (tertiary alicyclic amines) is 2. The Bertz CT molecular complexity index is 2470. The van der Waals surface area contributed by atoms with E-state index in [4.69, 9.17) is 17.2 Å². The van der Waals surface area contributed by atoms with E-state index in [1.165, 1.54) is 33.7 Å². The van der Waals surface area contributed by atoms with Gasteiger partial charge in [0.15, 0.2) is 5.96 Å². The van der Waals surface area contributed by atoms with Gasteiger partial charge < -0.3 is 73.9 Å². The lowest BCUT2D eigenvalue weighted by molar-refractivity contribution is -0.143. The van der Waals surface area contributed by atoms with E-state index in [0.29, 0.717) is 49.0 Å². The van der Waals surface area contributed by atoms with E-state index >= 15 is 0 Å². The lowest BCUT2D eigenvalue weighted by Crippen LogP contribution is -2.61. The number of aliphatic carboxylic acids is 1. The second-order valence-electron chi connectivity index (χ2n) is 18.8. The van der Waals surface area contributed by atoms with Crippen molar-refractivity contribution in [1.82, 2.24) is 41.4 Å². The maximum atomic E-state index is 14.8. The van der Waals surface area contributed by atoms with Crippen LogP contribution in [0.1, 0.15) is 76.3 Å². The SMILES string of the molecule is CC[C@@H](C)[C@@H](NC(=O)[C@@H](Cc1c[nH]c2ccccc12)NC(=O)[C@H]1CCCN1C(=O)[C@@H](Cc1ccc(O)cc1)NC(=O)[C@@H](CO)NC(=O)[C@H]1CCCN1C(=O)[C@H](N)CCSC)C(=O)N[C@H](CCCN=C(N)N)C(=O)O. The van der Waals surface area contributed by atoms with Crippen LogP contribution in [0.3, 0.4) is 0 Å². The summed E-state index contributed by atoms with van der Waals surface area (Å²) in [4.78, 5) is 121. The zero-order valence-electron chi connectivity index (χ0n) is 42.1. The van der Waals surface area contributed by atoms with Crippen LogP contribution in [0.5, 0.6) is 5.75 Å². The summed E-state index contributed by atoms with van der Waals surface area (Å²) in [5.74, 6) is -6.25. The molecule has 3 aromatic rings. The first-order valence-corrected chi connectivity index (χ1v) is 26.4. The van der Waals surface area contributed by atoms with E-state index in [1.54, 1.807) is 32.2 Å². The normalized spacial score (nSPS) is 18.2. The number of carboxylic acid groups (broad SMARTS) is 1. The Hall–Kier alpha value is -6.92. The minimum Gasteiger partial charge on any atom is -0.508 e. The number of carbonyl (C=O) groups is 8. The summed E-state index contributed by atoms with van der Waals surface area (Å²) >= 11 is 1.53. The van der Waals surface area contributed by atoms with Gasteiger partial charge in [-0.2, -0.15) is 11.8 Å². The summed E-state index contributed by atoms with van der Waals surface area (Å²) in [6.45, 7) is 3.15. The largest absolute Gasteiger partial charge is 0.508 e. The molecule has 2 aliphatic heterocycles. The summed E-state index contributed by atoms with van der Waals surface area (Å²) in [6.07, 6.45) is 5.79. The molecule has 0 radical (unpaired) electrons. The number of aliphatic hydroxyl groups excluding tert-OH is 1. The van der Waals surface area contributed by atoms with Gasteiger partial charge in [-0.25, -0.2) is 4.79 Å². The Kier molecular flexibility index (Phi) is 21.9. The number of para-hydroxylation sites is 1. The van der Waals surface area contributed by atoms with Crippen LogP contribution >= 0.6 is 11.8 Å². The van der Waals surface area contributed by atoms with Gasteiger partial charge in [0.1, 0.15) is 48.0 Å². The van der Waals surface area contributed by atoms with Gasteiger partial charge in [0.25, 0.3) is 0 Å². The highest BCUT2D eigenvalue weighted by Gasteiger charge is 2.42. The number of aromatic nitrogens is 1. The van der Waals surface area contributed by atoms with Crippen molar-refractivity contribution in [2.45, 2.75) is 126 Å². The third kappa shape index (κ3) is 15.8. The van der Waals surface area contributed by atoms with E-state index in [1.807, 2.05) is 30.5 Å². The summed E-state index contributed by atoms with van der Waals surface area (Å²) in [7, 11) is 0. The van der Waals surface area contributed by atoms with Crippen molar-refractivity contribution >= 4 is 75.9 Å². The van der Waals surface area contributed by atoms with Crippen LogP contribution in [-0.4, -0.2) is 170 Å². The van der Waals surface area contributed by atoms with Gasteiger partial charge in [0.2, 0.25) is 41.4 Å². The number of hydrogen-bond acceptors (Lipinski definition) is 13. The number of fused-ring (bicyclic) bond motifs is 1. The molecule has 24 heteroatoms. The van der Waals surface area contributed by atoms with Crippen molar-refractivity contribution in [3.63, 3.8) is 0 Å². The van der Waals surface area contributed by atoms with Gasteiger partial charge >= 0.3 is 5.97 Å². The smallest absolute Gasteiger partial charge is 0.326 e. The molecule has 0 aliphatic carbocycles. The quantitative estimate of drug-likeness (QED) is 0.0256. The third-order valence-electron chi connectivity index (χ3n) is 13.5. The Labute approximate surface area is 433 Å². The molecule has 2 aromatic carbocycles. The molecule has 0 unspecified atom stereocenters. The van der Waals surface area contributed by atoms with Crippen LogP contribution in [0.25, 0.3) is 10.9 Å². The molecule has 23 nitrogen and oxygen atoms in total. The first-order chi connectivity index (χ1) is 35.4. The molecule has 74 heavy (non-hydrogen) atoms. The number of nitrogens with one attached hydrogen (secondary N) is 6. The number of amides is 7. The van der Waals surface area contributed by atoms with Crippen molar-refractivity contribution in [3.05, 3.63) is 65.9 Å². The van der Waals surface area contributed by atoms with Crippen LogP contribution in [0, 0.1) is 5.92 Å². The molecule has 7 amide bonds. The Balaban J connectivity index is 1.37. The molecule has 5 rings (SSSR count). The lowest BCUT2D eigenvalue weighted by Gasteiger charge is -2.31. The number of hydrogen-bond donors (Lipinski definition) is 12. The number of carbonyl (C=O) groups excluding carboxylic acids is 7. The van der Waals surface area contributed by atoms with Crippen LogP contribution in [0.15, 0.2) is 59.7 Å². The summed E-state index contributed by atoms with van der Waals surface area (Å²) in [6, 6.07) is 3.52. The maximum Gasteiger partial charge on any atom is 0.326 e. The number of aliphatic hydroxyl groups is 1. The molecule has 15 N–H and O–H groups in total. The summed E-state index contributed by atoms with van der Waals surface area (Å²) in [5, 5.41) is 44.5. The van der Waals surface area contributed by atoms with Crippen molar-refractivity contribution in [2.24, 2.45) is 28.1 Å². The number of rotatable bonds is 27. The monoisotopic (exact) mass is 1050 g/mol. The van der Waals surface area contributed by atoms with Crippen molar-refractivity contribution in [1.29, 1.82) is 0 Å². The molecule has 9 atom stereocenters. The predicted molar refractivity (Wildman–Crippen MR) is 278 cm³/mol. The van der Waals surface area contributed by atoms with E-state index in [2.05, 4.69) is 36.6 Å². The van der Waals surface area contributed by atoms with E-state index < -0.39 is 108 Å². The molecule has 1 aromatic heterocycles. The fourth-order valence-corrected chi connectivity index (χ4v) is 9.66. The number of phenolic OH excluding ortho intramolecular Hbond substituents is 1. The second-order valence-corrected chi connectivity index (χ2v) is 19.8. The molecule has 2 fully saturated rings. The van der Waals surface area contributed by atoms with Gasteiger partial charge in [-0.15, -0.1) is 0 Å². The molecule has 3 heterocycles. The highest BCUT2D eigenvalue weighted by molar-refractivity contribution is 7.98. The topological polar surface area (TPSA) is 370 Å². The van der Waals surface area contributed by atoms with Crippen molar-refractivity contribution in [2.75, 3.05) is 38.2 Å². The van der Waals surface area contributed by atoms with Crippen LogP contribution in [0.2, 0.25) is 0 Å². The van der Waals surface area contributed by atoms with E-state index in [0.717, 1.165) is 10.9 Å². The van der Waals surface area contributed by atoms with Gasteiger partial charge in [-0.05, 0) is 92.2 Å². The maximum absolute atomic E-state index is 14.8. The number of carboxylic acids is 1. The summed E-state index contributed by atoms with van der Waals surface area (Å²) < 4.78 is 0. The minimum atomic E-state index is -1.55. The lowest BCUT2D eigenvalue weighted by atomic mass is 9.96. The molecule has 0 spiro atoms. The fourth-order valence-electron chi connectivity index (χ4n) is 9.17. The number of phenols is 1. The number of guanidine groups is 1. The van der Waals surface area contributed by atoms with Crippen molar-refractivity contribution < 1.29 is 53.7 Å². The number of nitrogens with zero attached hydrogens (tertiary/aromatic N) is 3. The number of aromatic hydroxyl groups is 1. The number of aliphatic imine (C=N–C) groups is 1. The highest BCUT2D eigenvalue weighted by atomic mass is 32.2. The molecular formula is C50H72N12O11S. The van der Waals surface area contributed by atoms with Crippen LogP contribution in [-0.2, 0) is 51.2 Å². The average molecular weight is 1050 g/mol. The van der Waals surface area contributed by atoms with Gasteiger partial charge in [-0.3, -0.25) is 38.6 Å². The summed E-state index contributed by atoms with van der Waals surface area (Å²) in [5.41, 5.74) is 18.9. The van der Waals surface area contributed by atoms with Crippen LogP contribution in [0.4, 0.5) is 0 Å². The Morgan fingerprint density at radius 3 is 2.00 bits per heavy atom. The molecule has 2 aliphatic rings. The standard InChI is InChI=1S/C50H72N12O11S/c1-4-28(2)41(46(69)56-35(49(72)73)12-7-20-54-50(52)53)60-42(65)36(25-30-26-55-34-11-6-5-10-32(30)34)57-44(67)40-14-9-22-62(40)48(71)37(24-29-15-17-31(64)18-16-29)58-43(66)38(27-63)59-45(68)39-13-8-21-61(39)47(70)33(51)19-23-74-3/h5-6,10-11,15-18,26,28,33,35-41,55,63-64H,4,7-9,12-14,19-25,27,51H2,1-3H3,(H,56,69)(H,57,67)(H,58,66)(H,59,68)(H,60,65)(H,72,73)(H4,52,53,54)/t28-,33-,35-,36-,37-,38-,39-,40-,41-/m1/s1. The number of thioether (sulfide) groups is 1. The Morgan fingerprint density at radius 1 is 0.784 bits per heavy atom. The zero-order valence-corrected chi connectivity index (χ0v) is 42.9. The average Bonchev–Trinajstić information content (AvgIpc) is 4.18. The number of aromatic amines is 1. The van der Waals surface area contributed by atoms with E-state index in [-0.39, 0.29) is 63.4 Å². The molecule has 0 bridgehead atoms. The first-order valence-electron chi connectivity index (χ1n) is 25.0. The minimum absolute atomic E-state index is 0.00978. The van der Waals surface area contributed by atoms with Crippen molar-refractivity contribution in [3.8, 4) is 5.75 Å². The van der Waals surface area contributed by atoms with E-state index in [9.17, 15) is 53.7 Å². The van der Waals surface area contributed by atoms with Gasteiger partial charge in [-0.1, -0.05) is 50.6 Å². The molecule has 404 valence electrons. The molecular weight excluding hydrogens is 977 g/mol. The zero-order chi connectivity index (χ0) is 54.1. The first kappa shape index (κ1) is 58.0. The Morgan fingerprint density at radius 2 is 1.39 bits per heavy atom.